The van der Waals surface area contributed by atoms with Gasteiger partial charge >= 0.3 is 5.97 Å². The number of carbonyl (C=O) groups is 1. The van der Waals surface area contributed by atoms with Crippen molar-refractivity contribution in [1.82, 2.24) is 0 Å². The van der Waals surface area contributed by atoms with E-state index in [1.54, 1.807) is 0 Å². The summed E-state index contributed by atoms with van der Waals surface area (Å²) in [7, 11) is 1.40. The van der Waals surface area contributed by atoms with E-state index in [1.165, 1.54) is 18.4 Å². The minimum absolute atomic E-state index is 0.303. The van der Waals surface area contributed by atoms with Crippen molar-refractivity contribution in [1.29, 1.82) is 0 Å². The van der Waals surface area contributed by atoms with Crippen LogP contribution in [0.5, 0.6) is 11.5 Å². The van der Waals surface area contributed by atoms with Crippen LogP contribution < -0.4 is 9.47 Å². The Bertz CT molecular complexity index is 971. The molecule has 0 saturated heterocycles. The lowest BCUT2D eigenvalue weighted by Crippen LogP contribution is -2.15. The van der Waals surface area contributed by atoms with Crippen LogP contribution >= 0.6 is 11.3 Å². The maximum Gasteiger partial charge on any atom is 0.348 e. The summed E-state index contributed by atoms with van der Waals surface area (Å²) in [4.78, 5) is 12.4. The third-order valence-electron chi connectivity index (χ3n) is 4.00. The number of carbonyl (C=O) groups excluding carboxylic acids is 1. The average molecular weight is 352 g/mol. The van der Waals surface area contributed by atoms with Crippen molar-refractivity contribution in [2.45, 2.75) is 0 Å². The Hall–Kier alpha value is -2.79. The number of fused-ring (bicyclic) bond motifs is 2. The molecule has 0 amide bonds. The van der Waals surface area contributed by atoms with E-state index >= 15 is 0 Å². The smallest absolute Gasteiger partial charge is 0.348 e. The maximum atomic E-state index is 11.8. The molecule has 0 aliphatic carbocycles. The molecule has 1 aliphatic heterocycles. The Balaban J connectivity index is 1.67. The highest BCUT2D eigenvalue weighted by Crippen LogP contribution is 2.32. The van der Waals surface area contributed by atoms with E-state index in [1.807, 2.05) is 54.6 Å². The summed E-state index contributed by atoms with van der Waals surface area (Å²) in [5.74, 6) is 1.25. The van der Waals surface area contributed by atoms with Crippen LogP contribution in [0.25, 0.3) is 22.2 Å². The number of hydrogen-bond acceptors (Lipinski definition) is 5. The number of methoxy groups -OCH3 is 1. The van der Waals surface area contributed by atoms with Crippen LogP contribution in [0.1, 0.15) is 20.8 Å². The molecule has 0 bridgehead atoms. The van der Waals surface area contributed by atoms with Gasteiger partial charge in [0.25, 0.3) is 0 Å². The largest absolute Gasteiger partial charge is 0.486 e. The molecule has 1 aliphatic rings. The van der Waals surface area contributed by atoms with Crippen molar-refractivity contribution in [2.24, 2.45) is 0 Å². The molecule has 0 atom stereocenters. The molecule has 0 fully saturated rings. The van der Waals surface area contributed by atoms with Gasteiger partial charge in [-0.3, -0.25) is 0 Å². The molecular formula is C20H16O4S. The second-order valence-corrected chi connectivity index (χ2v) is 6.68. The van der Waals surface area contributed by atoms with Crippen molar-refractivity contribution in [2.75, 3.05) is 20.3 Å². The first kappa shape index (κ1) is 15.7. The van der Waals surface area contributed by atoms with Gasteiger partial charge in [0.05, 0.1) is 7.11 Å². The lowest BCUT2D eigenvalue weighted by atomic mass is 10.1. The Morgan fingerprint density at radius 1 is 1.08 bits per heavy atom. The summed E-state index contributed by atoms with van der Waals surface area (Å²) in [6.07, 6.45) is 4.07. The third kappa shape index (κ3) is 3.10. The summed E-state index contributed by atoms with van der Waals surface area (Å²) in [5, 5.41) is 1.04. The zero-order valence-electron chi connectivity index (χ0n) is 13.7. The Labute approximate surface area is 149 Å². The van der Waals surface area contributed by atoms with Crippen LogP contribution in [0.2, 0.25) is 0 Å². The molecule has 2 heterocycles. The Kier molecular flexibility index (Phi) is 4.15. The first-order chi connectivity index (χ1) is 12.2. The van der Waals surface area contributed by atoms with Gasteiger partial charge in [-0.15, -0.1) is 11.3 Å². The standard InChI is InChI=1S/C20H16O4S/c1-22-20(21)19-12-15-14(3-2-4-18(15)25-19)7-5-13-6-8-16-17(11-13)24-10-9-23-16/h2-8,11-12H,9-10H2,1H3. The molecule has 2 aromatic carbocycles. The first-order valence-corrected chi connectivity index (χ1v) is 8.75. The number of esters is 1. The van der Waals surface area contributed by atoms with E-state index < -0.39 is 0 Å². The fourth-order valence-corrected chi connectivity index (χ4v) is 3.79. The molecule has 4 nitrogen and oxygen atoms in total. The fraction of sp³-hybridized carbons (Fsp3) is 0.150. The van der Waals surface area contributed by atoms with Crippen molar-refractivity contribution in [3.63, 3.8) is 0 Å². The van der Waals surface area contributed by atoms with Crippen LogP contribution in [0, 0.1) is 0 Å². The zero-order chi connectivity index (χ0) is 17.2. The average Bonchev–Trinajstić information content (AvgIpc) is 3.10. The lowest BCUT2D eigenvalue weighted by molar-refractivity contribution is 0.0606. The molecule has 0 radical (unpaired) electrons. The molecule has 0 saturated carbocycles. The van der Waals surface area contributed by atoms with E-state index in [9.17, 15) is 4.79 Å². The first-order valence-electron chi connectivity index (χ1n) is 7.93. The summed E-state index contributed by atoms with van der Waals surface area (Å²) < 4.78 is 17.0. The lowest BCUT2D eigenvalue weighted by Gasteiger charge is -2.18. The van der Waals surface area contributed by atoms with Gasteiger partial charge in [0.15, 0.2) is 11.5 Å². The minimum atomic E-state index is -0.303. The predicted molar refractivity (Wildman–Crippen MR) is 99.5 cm³/mol. The Morgan fingerprint density at radius 2 is 1.92 bits per heavy atom. The van der Waals surface area contributed by atoms with E-state index in [-0.39, 0.29) is 5.97 Å². The molecule has 3 aromatic rings. The summed E-state index contributed by atoms with van der Waals surface area (Å²) >= 11 is 1.44. The van der Waals surface area contributed by atoms with Gasteiger partial charge in [-0.1, -0.05) is 30.4 Å². The van der Waals surface area contributed by atoms with Gasteiger partial charge in [0.1, 0.15) is 18.1 Å². The van der Waals surface area contributed by atoms with Crippen LogP contribution in [0.15, 0.2) is 42.5 Å². The van der Waals surface area contributed by atoms with Crippen LogP contribution in [-0.4, -0.2) is 26.3 Å². The van der Waals surface area contributed by atoms with Gasteiger partial charge in [-0.25, -0.2) is 4.79 Å². The summed E-state index contributed by atoms with van der Waals surface area (Å²) in [5.41, 5.74) is 2.09. The highest BCUT2D eigenvalue weighted by molar-refractivity contribution is 7.20. The maximum absolute atomic E-state index is 11.8. The quantitative estimate of drug-likeness (QED) is 0.509. The van der Waals surface area contributed by atoms with Gasteiger partial charge < -0.3 is 14.2 Å². The van der Waals surface area contributed by atoms with Crippen LogP contribution in [0.3, 0.4) is 0 Å². The van der Waals surface area contributed by atoms with Crippen molar-refractivity contribution >= 4 is 39.5 Å². The minimum Gasteiger partial charge on any atom is -0.486 e. The topological polar surface area (TPSA) is 44.8 Å². The van der Waals surface area contributed by atoms with Gasteiger partial charge in [-0.2, -0.15) is 0 Å². The molecule has 1 aromatic heterocycles. The van der Waals surface area contributed by atoms with E-state index in [2.05, 4.69) is 0 Å². The van der Waals surface area contributed by atoms with E-state index in [0.717, 1.165) is 32.7 Å². The summed E-state index contributed by atoms with van der Waals surface area (Å²) in [6, 6.07) is 13.8. The molecule has 0 spiro atoms. The van der Waals surface area contributed by atoms with Gasteiger partial charge in [0, 0.05) is 10.1 Å². The second-order valence-electron chi connectivity index (χ2n) is 5.60. The molecule has 126 valence electrons. The SMILES string of the molecule is COC(=O)c1cc2c(C=Cc3ccc4c(c3)OCCO4)cccc2s1. The molecule has 0 N–H and O–H groups in total. The van der Waals surface area contributed by atoms with Crippen LogP contribution in [-0.2, 0) is 4.74 Å². The van der Waals surface area contributed by atoms with Gasteiger partial charge in [-0.05, 0) is 35.4 Å². The number of hydrogen-bond donors (Lipinski definition) is 0. The normalized spacial score (nSPS) is 13.3. The highest BCUT2D eigenvalue weighted by Gasteiger charge is 2.12. The summed E-state index contributed by atoms with van der Waals surface area (Å²) in [6.45, 7) is 1.16. The monoisotopic (exact) mass is 352 g/mol. The number of benzene rings is 2. The molecular weight excluding hydrogens is 336 g/mol. The Morgan fingerprint density at radius 3 is 2.76 bits per heavy atom. The van der Waals surface area contributed by atoms with Gasteiger partial charge in [0.2, 0.25) is 0 Å². The molecule has 4 rings (SSSR count). The molecule has 0 unspecified atom stereocenters. The van der Waals surface area contributed by atoms with Crippen molar-refractivity contribution in [3.8, 4) is 11.5 Å². The number of ether oxygens (including phenoxy) is 3. The highest BCUT2D eigenvalue weighted by atomic mass is 32.1. The zero-order valence-corrected chi connectivity index (χ0v) is 14.5. The molecule has 5 heteroatoms. The van der Waals surface area contributed by atoms with Crippen LogP contribution in [0.4, 0.5) is 0 Å². The second kappa shape index (κ2) is 6.61. The van der Waals surface area contributed by atoms with Crippen molar-refractivity contribution in [3.05, 3.63) is 58.5 Å². The third-order valence-corrected chi connectivity index (χ3v) is 5.08. The number of rotatable bonds is 3. The molecule has 25 heavy (non-hydrogen) atoms. The van der Waals surface area contributed by atoms with E-state index in [4.69, 9.17) is 14.2 Å². The van der Waals surface area contributed by atoms with Crippen molar-refractivity contribution < 1.29 is 19.0 Å². The fourth-order valence-electron chi connectivity index (χ4n) is 2.78. The predicted octanol–water partition coefficient (Wildman–Crippen LogP) is 4.63. The number of thiophene rings is 1. The van der Waals surface area contributed by atoms with E-state index in [0.29, 0.717) is 18.1 Å².